The summed E-state index contributed by atoms with van der Waals surface area (Å²) in [6, 6.07) is 0. The summed E-state index contributed by atoms with van der Waals surface area (Å²) < 4.78 is 5.16. The van der Waals surface area contributed by atoms with E-state index in [-0.39, 0.29) is 12.4 Å². The lowest BCUT2D eigenvalue weighted by Gasteiger charge is -2.30. The maximum atomic E-state index is 10.7. The highest BCUT2D eigenvalue weighted by molar-refractivity contribution is 5.85. The van der Waals surface area contributed by atoms with Crippen LogP contribution in [0.4, 0.5) is 0 Å². The van der Waals surface area contributed by atoms with Crippen molar-refractivity contribution >= 4 is 18.3 Å². The first-order valence-electron chi connectivity index (χ1n) is 4.07. The molecule has 0 aliphatic carbocycles. The molecule has 0 aromatic carbocycles. The first-order chi connectivity index (χ1) is 5.74. The van der Waals surface area contributed by atoms with Gasteiger partial charge in [0.2, 0.25) is 5.91 Å². The van der Waals surface area contributed by atoms with E-state index in [1.807, 2.05) is 0 Å². The molecule has 4 N–H and O–H groups in total. The van der Waals surface area contributed by atoms with Crippen LogP contribution in [0.15, 0.2) is 0 Å². The van der Waals surface area contributed by atoms with E-state index in [2.05, 4.69) is 4.90 Å². The van der Waals surface area contributed by atoms with Gasteiger partial charge in [0.15, 0.2) is 0 Å². The third-order valence-corrected chi connectivity index (χ3v) is 1.91. The van der Waals surface area contributed by atoms with Crippen molar-refractivity contribution in [2.45, 2.75) is 6.10 Å². The predicted octanol–water partition coefficient (Wildman–Crippen LogP) is -1.45. The van der Waals surface area contributed by atoms with Crippen molar-refractivity contribution in [3.63, 3.8) is 0 Å². The Bertz CT molecular complexity index is 166. The molecule has 0 bridgehead atoms. The van der Waals surface area contributed by atoms with Crippen molar-refractivity contribution in [2.24, 2.45) is 11.5 Å². The van der Waals surface area contributed by atoms with Crippen LogP contribution in [0.2, 0.25) is 0 Å². The summed E-state index contributed by atoms with van der Waals surface area (Å²) in [7, 11) is 0. The Morgan fingerprint density at radius 3 is 2.85 bits per heavy atom. The van der Waals surface area contributed by atoms with Crippen LogP contribution >= 0.6 is 12.4 Å². The Hall–Kier alpha value is -0.360. The predicted molar refractivity (Wildman–Crippen MR) is 51.7 cm³/mol. The number of nitrogens with zero attached hydrogens (tertiary/aromatic N) is 1. The van der Waals surface area contributed by atoms with Gasteiger partial charge < -0.3 is 16.2 Å². The molecule has 78 valence electrons. The standard InChI is InChI=1S/C7H15N3O2.ClH/c8-1-2-10-3-4-12-6(5-10)7(9)11;/h6H,1-5,8H2,(H2,9,11);1H. The second-order valence-corrected chi connectivity index (χ2v) is 2.85. The van der Waals surface area contributed by atoms with Crippen molar-refractivity contribution in [3.8, 4) is 0 Å². The third-order valence-electron chi connectivity index (χ3n) is 1.91. The summed E-state index contributed by atoms with van der Waals surface area (Å²) in [5.41, 5.74) is 10.5. The van der Waals surface area contributed by atoms with Crippen LogP contribution in [-0.4, -0.2) is 49.7 Å². The Labute approximate surface area is 83.8 Å². The minimum absolute atomic E-state index is 0. The van der Waals surface area contributed by atoms with Crippen LogP contribution in [0.3, 0.4) is 0 Å². The molecule has 1 fully saturated rings. The van der Waals surface area contributed by atoms with E-state index < -0.39 is 12.0 Å². The summed E-state index contributed by atoms with van der Waals surface area (Å²) in [5.74, 6) is -0.392. The molecule has 0 aromatic heterocycles. The van der Waals surface area contributed by atoms with Crippen molar-refractivity contribution in [1.82, 2.24) is 4.90 Å². The van der Waals surface area contributed by atoms with Gasteiger partial charge in [-0.15, -0.1) is 12.4 Å². The first kappa shape index (κ1) is 12.6. The zero-order valence-corrected chi connectivity index (χ0v) is 8.26. The molecule has 0 radical (unpaired) electrons. The van der Waals surface area contributed by atoms with Gasteiger partial charge in [0.25, 0.3) is 0 Å². The quantitative estimate of drug-likeness (QED) is 0.596. The van der Waals surface area contributed by atoms with Gasteiger partial charge in [-0.1, -0.05) is 0 Å². The van der Waals surface area contributed by atoms with E-state index in [0.29, 0.717) is 19.7 Å². The van der Waals surface area contributed by atoms with Crippen molar-refractivity contribution < 1.29 is 9.53 Å². The average Bonchev–Trinajstić information content (AvgIpc) is 2.05. The van der Waals surface area contributed by atoms with Gasteiger partial charge in [-0.2, -0.15) is 0 Å². The number of amides is 1. The summed E-state index contributed by atoms with van der Waals surface area (Å²) in [4.78, 5) is 12.8. The van der Waals surface area contributed by atoms with E-state index in [9.17, 15) is 4.79 Å². The topological polar surface area (TPSA) is 81.6 Å². The molecule has 13 heavy (non-hydrogen) atoms. The van der Waals surface area contributed by atoms with Crippen molar-refractivity contribution in [1.29, 1.82) is 0 Å². The highest BCUT2D eigenvalue weighted by Crippen LogP contribution is 2.03. The Balaban J connectivity index is 0.00000144. The number of carbonyl (C=O) groups is 1. The number of carbonyl (C=O) groups excluding carboxylic acids is 1. The molecule has 0 spiro atoms. The average molecular weight is 210 g/mol. The smallest absolute Gasteiger partial charge is 0.247 e. The zero-order chi connectivity index (χ0) is 8.97. The molecular weight excluding hydrogens is 194 g/mol. The van der Waals surface area contributed by atoms with Crippen LogP contribution in [0.5, 0.6) is 0 Å². The van der Waals surface area contributed by atoms with Gasteiger partial charge in [0, 0.05) is 26.2 Å². The van der Waals surface area contributed by atoms with Gasteiger partial charge in [-0.25, -0.2) is 0 Å². The minimum atomic E-state index is -0.453. The highest BCUT2D eigenvalue weighted by Gasteiger charge is 2.23. The lowest BCUT2D eigenvalue weighted by Crippen LogP contribution is -2.49. The molecule has 5 nitrogen and oxygen atoms in total. The molecule has 1 aliphatic heterocycles. The van der Waals surface area contributed by atoms with Gasteiger partial charge in [-0.05, 0) is 0 Å². The van der Waals surface area contributed by atoms with Crippen LogP contribution in [-0.2, 0) is 9.53 Å². The maximum absolute atomic E-state index is 10.7. The SMILES string of the molecule is Cl.NCCN1CCOC(C(N)=O)C1. The lowest BCUT2D eigenvalue weighted by molar-refractivity contribution is -0.135. The van der Waals surface area contributed by atoms with Crippen LogP contribution in [0.1, 0.15) is 0 Å². The number of halogens is 1. The summed E-state index contributed by atoms with van der Waals surface area (Å²) in [6.07, 6.45) is -0.453. The molecule has 0 aromatic rings. The normalized spacial score (nSPS) is 23.6. The van der Waals surface area contributed by atoms with E-state index in [0.717, 1.165) is 13.1 Å². The fourth-order valence-corrected chi connectivity index (χ4v) is 1.26. The second-order valence-electron chi connectivity index (χ2n) is 2.85. The van der Waals surface area contributed by atoms with Crippen molar-refractivity contribution in [2.75, 3.05) is 32.8 Å². The number of hydrogen-bond donors (Lipinski definition) is 2. The Morgan fingerprint density at radius 2 is 2.31 bits per heavy atom. The summed E-state index contributed by atoms with van der Waals surface area (Å²) in [6.45, 7) is 3.37. The highest BCUT2D eigenvalue weighted by atomic mass is 35.5. The van der Waals surface area contributed by atoms with Gasteiger partial charge in [0.1, 0.15) is 6.10 Å². The molecule has 0 saturated carbocycles. The maximum Gasteiger partial charge on any atom is 0.247 e. The lowest BCUT2D eigenvalue weighted by atomic mass is 10.2. The van der Waals surface area contributed by atoms with Crippen LogP contribution in [0, 0.1) is 0 Å². The molecule has 1 rings (SSSR count). The van der Waals surface area contributed by atoms with Gasteiger partial charge >= 0.3 is 0 Å². The number of rotatable bonds is 3. The van der Waals surface area contributed by atoms with E-state index >= 15 is 0 Å². The molecule has 1 unspecified atom stereocenters. The molecule has 1 heterocycles. The van der Waals surface area contributed by atoms with E-state index in [4.69, 9.17) is 16.2 Å². The van der Waals surface area contributed by atoms with Crippen LogP contribution < -0.4 is 11.5 Å². The third kappa shape index (κ3) is 3.91. The fourth-order valence-electron chi connectivity index (χ4n) is 1.26. The largest absolute Gasteiger partial charge is 0.367 e. The minimum Gasteiger partial charge on any atom is -0.367 e. The molecule has 1 atom stereocenters. The molecule has 1 aliphatic rings. The summed E-state index contributed by atoms with van der Waals surface area (Å²) in [5, 5.41) is 0. The Kier molecular flexibility index (Phi) is 5.98. The number of hydrogen-bond acceptors (Lipinski definition) is 4. The Morgan fingerprint density at radius 1 is 1.62 bits per heavy atom. The molecular formula is C7H16ClN3O2. The molecule has 1 amide bonds. The summed E-state index contributed by atoms with van der Waals surface area (Å²) >= 11 is 0. The van der Waals surface area contributed by atoms with Crippen LogP contribution in [0.25, 0.3) is 0 Å². The van der Waals surface area contributed by atoms with Gasteiger partial charge in [0.05, 0.1) is 6.61 Å². The number of primary amides is 1. The second kappa shape index (κ2) is 6.15. The van der Waals surface area contributed by atoms with E-state index in [1.54, 1.807) is 0 Å². The number of nitrogens with two attached hydrogens (primary N) is 2. The van der Waals surface area contributed by atoms with Crippen molar-refractivity contribution in [3.05, 3.63) is 0 Å². The van der Waals surface area contributed by atoms with Gasteiger partial charge in [-0.3, -0.25) is 9.69 Å². The molecule has 1 saturated heterocycles. The zero-order valence-electron chi connectivity index (χ0n) is 7.44. The number of ether oxygens (including phenoxy) is 1. The first-order valence-corrected chi connectivity index (χ1v) is 4.07. The monoisotopic (exact) mass is 209 g/mol. The van der Waals surface area contributed by atoms with E-state index in [1.165, 1.54) is 0 Å². The number of morpholine rings is 1. The fraction of sp³-hybridized carbons (Fsp3) is 0.857. The molecule has 6 heteroatoms.